The van der Waals surface area contributed by atoms with Crippen LogP contribution in [-0.2, 0) is 19.4 Å². The lowest BCUT2D eigenvalue weighted by atomic mass is 10.1. The van der Waals surface area contributed by atoms with Crippen LogP contribution in [0.25, 0.3) is 0 Å². The van der Waals surface area contributed by atoms with E-state index in [2.05, 4.69) is 37.7 Å². The summed E-state index contributed by atoms with van der Waals surface area (Å²) in [5.41, 5.74) is 1.55. The van der Waals surface area contributed by atoms with Crippen LogP contribution in [0.3, 0.4) is 0 Å². The molecule has 0 aliphatic carbocycles. The molecule has 2 heterocycles. The van der Waals surface area contributed by atoms with Gasteiger partial charge in [0, 0.05) is 43.6 Å². The minimum absolute atomic E-state index is 0. The van der Waals surface area contributed by atoms with Crippen LogP contribution in [0.4, 0.5) is 8.78 Å². The minimum atomic E-state index is -2.93. The molecule has 3 rings (SSSR count). The Bertz CT molecular complexity index is 835. The summed E-state index contributed by atoms with van der Waals surface area (Å²) < 4.78 is 40.6. The number of thiazole rings is 1. The van der Waals surface area contributed by atoms with Crippen molar-refractivity contribution in [1.82, 2.24) is 15.6 Å². The van der Waals surface area contributed by atoms with Gasteiger partial charge in [-0.1, -0.05) is 6.92 Å². The third-order valence-corrected chi connectivity index (χ3v) is 5.06. The molecule has 2 aromatic rings. The summed E-state index contributed by atoms with van der Waals surface area (Å²) in [4.78, 5) is 8.67. The number of aliphatic imine (C=N–C) groups is 1. The zero-order valence-corrected chi connectivity index (χ0v) is 19.2. The molecule has 0 saturated carbocycles. The van der Waals surface area contributed by atoms with Crippen LogP contribution in [0, 0.1) is 0 Å². The Balaban J connectivity index is 0.00000300. The summed E-state index contributed by atoms with van der Waals surface area (Å²) in [6, 6.07) is 3.04. The molecule has 29 heavy (non-hydrogen) atoms. The molecule has 0 saturated heterocycles. The van der Waals surface area contributed by atoms with Crippen LogP contribution < -0.4 is 24.8 Å². The summed E-state index contributed by atoms with van der Waals surface area (Å²) in [6.45, 7) is 0.0837. The van der Waals surface area contributed by atoms with E-state index in [1.165, 1.54) is 6.07 Å². The van der Waals surface area contributed by atoms with Gasteiger partial charge in [0.05, 0.1) is 10.7 Å². The summed E-state index contributed by atoms with van der Waals surface area (Å²) in [5.74, 6) is 1.47. The lowest BCUT2D eigenvalue weighted by Crippen LogP contribution is -2.38. The Morgan fingerprint density at radius 2 is 2.07 bits per heavy atom. The maximum absolute atomic E-state index is 12.7. The lowest BCUT2D eigenvalue weighted by molar-refractivity contribution is -0.0505. The van der Waals surface area contributed by atoms with Crippen molar-refractivity contribution in [2.45, 2.75) is 32.9 Å². The van der Waals surface area contributed by atoms with E-state index in [0.29, 0.717) is 29.6 Å². The number of hydrogen-bond acceptors (Lipinski definition) is 6. The van der Waals surface area contributed by atoms with Crippen LogP contribution in [0.2, 0.25) is 0 Å². The van der Waals surface area contributed by atoms with Gasteiger partial charge in [0.2, 0.25) is 6.79 Å². The Morgan fingerprint density at radius 1 is 1.31 bits per heavy atom. The smallest absolute Gasteiger partial charge is 0.387 e. The molecule has 1 aromatic carbocycles. The van der Waals surface area contributed by atoms with Crippen LogP contribution >= 0.6 is 35.3 Å². The van der Waals surface area contributed by atoms with Crippen molar-refractivity contribution in [2.75, 3.05) is 20.4 Å². The number of guanidine groups is 1. The van der Waals surface area contributed by atoms with E-state index in [4.69, 9.17) is 9.47 Å². The van der Waals surface area contributed by atoms with Gasteiger partial charge in [0.25, 0.3) is 0 Å². The number of rotatable bonds is 8. The average Bonchev–Trinajstić information content (AvgIpc) is 3.32. The van der Waals surface area contributed by atoms with Gasteiger partial charge >= 0.3 is 6.61 Å². The van der Waals surface area contributed by atoms with Crippen LogP contribution in [-0.4, -0.2) is 37.9 Å². The van der Waals surface area contributed by atoms with Crippen molar-refractivity contribution in [2.24, 2.45) is 4.99 Å². The van der Waals surface area contributed by atoms with Gasteiger partial charge in [0.1, 0.15) is 5.75 Å². The first kappa shape index (κ1) is 23.4. The zero-order chi connectivity index (χ0) is 19.9. The fourth-order valence-electron chi connectivity index (χ4n) is 2.64. The van der Waals surface area contributed by atoms with Gasteiger partial charge in [-0.2, -0.15) is 8.78 Å². The molecule has 1 aliphatic rings. The number of benzene rings is 1. The molecule has 0 bridgehead atoms. The number of aromatic nitrogens is 1. The lowest BCUT2D eigenvalue weighted by Gasteiger charge is -2.15. The minimum Gasteiger partial charge on any atom is -0.454 e. The molecule has 7 nitrogen and oxygen atoms in total. The van der Waals surface area contributed by atoms with Crippen LogP contribution in [0.1, 0.15) is 23.2 Å². The number of alkyl halides is 2. The summed E-state index contributed by atoms with van der Waals surface area (Å²) >= 11 is 1.66. The first-order chi connectivity index (χ1) is 13.6. The Morgan fingerprint density at radius 3 is 2.72 bits per heavy atom. The second kappa shape index (κ2) is 11.3. The van der Waals surface area contributed by atoms with Crippen LogP contribution in [0.5, 0.6) is 17.2 Å². The van der Waals surface area contributed by atoms with Gasteiger partial charge in [0.15, 0.2) is 17.5 Å². The highest BCUT2D eigenvalue weighted by atomic mass is 127. The molecule has 2 N–H and O–H groups in total. The van der Waals surface area contributed by atoms with Crippen molar-refractivity contribution >= 4 is 41.3 Å². The Labute approximate surface area is 188 Å². The molecule has 0 fully saturated rings. The molecular formula is C18H23F2IN4O3S. The van der Waals surface area contributed by atoms with E-state index in [-0.39, 0.29) is 43.1 Å². The summed E-state index contributed by atoms with van der Waals surface area (Å²) in [5, 5.41) is 9.45. The maximum Gasteiger partial charge on any atom is 0.387 e. The SMILES string of the molecule is CCc1nc(CCNC(=NC)NCc2cc3c(cc2OC(F)F)OCO3)cs1.I. The van der Waals surface area contributed by atoms with Gasteiger partial charge in [-0.3, -0.25) is 4.99 Å². The monoisotopic (exact) mass is 540 g/mol. The fraction of sp³-hybridized carbons (Fsp3) is 0.444. The molecule has 11 heteroatoms. The molecule has 1 aliphatic heterocycles. The molecule has 0 atom stereocenters. The molecule has 160 valence electrons. The van der Waals surface area contributed by atoms with Crippen molar-refractivity contribution < 1.29 is 23.0 Å². The Hall–Kier alpha value is -1.89. The fourth-order valence-corrected chi connectivity index (χ4v) is 3.42. The highest BCUT2D eigenvalue weighted by Crippen LogP contribution is 2.38. The van der Waals surface area contributed by atoms with Crippen molar-refractivity contribution in [1.29, 1.82) is 0 Å². The largest absolute Gasteiger partial charge is 0.454 e. The van der Waals surface area contributed by atoms with E-state index in [0.717, 1.165) is 23.5 Å². The number of nitrogens with one attached hydrogen (secondary N) is 2. The number of hydrogen-bond donors (Lipinski definition) is 2. The van der Waals surface area contributed by atoms with Gasteiger partial charge in [-0.05, 0) is 12.5 Å². The van der Waals surface area contributed by atoms with E-state index in [1.807, 2.05) is 0 Å². The summed E-state index contributed by atoms with van der Waals surface area (Å²) in [7, 11) is 1.64. The molecule has 1 aromatic heterocycles. The van der Waals surface area contributed by atoms with Gasteiger partial charge in [-0.15, -0.1) is 35.3 Å². The Kier molecular flexibility index (Phi) is 9.14. The number of ether oxygens (including phenoxy) is 3. The topological polar surface area (TPSA) is 77.0 Å². The maximum atomic E-state index is 12.7. The van der Waals surface area contributed by atoms with E-state index in [9.17, 15) is 8.78 Å². The highest BCUT2D eigenvalue weighted by molar-refractivity contribution is 14.0. The predicted molar refractivity (Wildman–Crippen MR) is 118 cm³/mol. The number of halogens is 3. The third kappa shape index (κ3) is 6.56. The zero-order valence-electron chi connectivity index (χ0n) is 16.0. The van der Waals surface area contributed by atoms with Crippen LogP contribution in [0.15, 0.2) is 22.5 Å². The standard InChI is InChI=1S/C18H22F2N4O3S.HI/c1-3-16-24-12(9-28-16)4-5-22-18(21-2)23-8-11-6-14-15(26-10-25-14)7-13(11)27-17(19)20;/h6-7,9,17H,3-5,8,10H2,1-2H3,(H2,21,22,23);1H. The van der Waals surface area contributed by atoms with Gasteiger partial charge < -0.3 is 24.8 Å². The van der Waals surface area contributed by atoms with E-state index >= 15 is 0 Å². The first-order valence-electron chi connectivity index (χ1n) is 8.84. The normalized spacial score (nSPS) is 12.7. The van der Waals surface area contributed by atoms with Crippen molar-refractivity contribution in [3.05, 3.63) is 33.8 Å². The molecule has 0 radical (unpaired) electrons. The predicted octanol–water partition coefficient (Wildman–Crippen LogP) is 3.56. The van der Waals surface area contributed by atoms with E-state index < -0.39 is 6.61 Å². The number of nitrogens with zero attached hydrogens (tertiary/aromatic N) is 2. The van der Waals surface area contributed by atoms with Crippen molar-refractivity contribution in [3.8, 4) is 17.2 Å². The quantitative estimate of drug-likeness (QED) is 0.303. The number of fused-ring (bicyclic) bond motifs is 1. The highest BCUT2D eigenvalue weighted by Gasteiger charge is 2.20. The molecule has 0 spiro atoms. The van der Waals surface area contributed by atoms with E-state index in [1.54, 1.807) is 24.5 Å². The third-order valence-electron chi connectivity index (χ3n) is 4.02. The summed E-state index contributed by atoms with van der Waals surface area (Å²) in [6.07, 6.45) is 1.70. The second-order valence-electron chi connectivity index (χ2n) is 5.88. The first-order valence-corrected chi connectivity index (χ1v) is 9.72. The second-order valence-corrected chi connectivity index (χ2v) is 6.82. The average molecular weight is 540 g/mol. The molecular weight excluding hydrogens is 517 g/mol. The van der Waals surface area contributed by atoms with Gasteiger partial charge in [-0.25, -0.2) is 4.98 Å². The molecule has 0 amide bonds. The van der Waals surface area contributed by atoms with Crippen molar-refractivity contribution in [3.63, 3.8) is 0 Å². The number of aryl methyl sites for hydroxylation is 1. The molecule has 0 unspecified atom stereocenters.